The molecular formula is C8H7N2P. The van der Waals surface area contributed by atoms with Crippen molar-refractivity contribution in [2.24, 2.45) is 0 Å². The minimum Gasteiger partial charge on any atom is -0.255 e. The van der Waals surface area contributed by atoms with Gasteiger partial charge in [-0.15, -0.1) is 0 Å². The van der Waals surface area contributed by atoms with Crippen molar-refractivity contribution in [3.8, 4) is 0 Å². The van der Waals surface area contributed by atoms with Crippen molar-refractivity contribution in [1.29, 1.82) is 0 Å². The van der Waals surface area contributed by atoms with Gasteiger partial charge in [-0.2, -0.15) is 0 Å². The average molecular weight is 162 g/mol. The second-order valence-corrected chi connectivity index (χ2v) is 2.87. The third-order valence-electron chi connectivity index (χ3n) is 1.48. The first-order chi connectivity index (χ1) is 5.36. The van der Waals surface area contributed by atoms with Gasteiger partial charge in [0.05, 0.1) is 16.5 Å². The van der Waals surface area contributed by atoms with E-state index in [9.17, 15) is 0 Å². The lowest BCUT2D eigenvalue weighted by Crippen LogP contribution is -1.96. The van der Waals surface area contributed by atoms with Crippen LogP contribution in [0.2, 0.25) is 0 Å². The van der Waals surface area contributed by atoms with Crippen LogP contribution < -0.4 is 5.44 Å². The van der Waals surface area contributed by atoms with Crippen molar-refractivity contribution in [1.82, 2.24) is 9.97 Å². The summed E-state index contributed by atoms with van der Waals surface area (Å²) in [6, 6.07) is 7.74. The molecule has 0 aliphatic carbocycles. The standard InChI is InChI=1S/C8H7N2P/c11-8-4-3-6-7(10-8)2-1-5-9-6/h1-5H,11H2. The third kappa shape index (κ3) is 1.22. The maximum absolute atomic E-state index is 4.28. The van der Waals surface area contributed by atoms with Gasteiger partial charge in [-0.1, -0.05) is 9.24 Å². The van der Waals surface area contributed by atoms with Gasteiger partial charge >= 0.3 is 0 Å². The maximum Gasteiger partial charge on any atom is 0.0894 e. The molecule has 2 rings (SSSR count). The summed E-state index contributed by atoms with van der Waals surface area (Å²) in [5.41, 5.74) is 2.84. The van der Waals surface area contributed by atoms with Crippen LogP contribution in [0.25, 0.3) is 11.0 Å². The Labute approximate surface area is 66.9 Å². The van der Waals surface area contributed by atoms with E-state index >= 15 is 0 Å². The van der Waals surface area contributed by atoms with E-state index < -0.39 is 0 Å². The monoisotopic (exact) mass is 162 g/mol. The van der Waals surface area contributed by atoms with Crippen molar-refractivity contribution in [3.63, 3.8) is 0 Å². The van der Waals surface area contributed by atoms with E-state index in [1.165, 1.54) is 0 Å². The summed E-state index contributed by atoms with van der Waals surface area (Å²) in [5.74, 6) is 0. The largest absolute Gasteiger partial charge is 0.255 e. The number of aromatic nitrogens is 2. The van der Waals surface area contributed by atoms with E-state index in [0.29, 0.717) is 0 Å². The third-order valence-corrected chi connectivity index (χ3v) is 1.80. The van der Waals surface area contributed by atoms with Crippen molar-refractivity contribution in [2.45, 2.75) is 0 Å². The molecular weight excluding hydrogens is 155 g/mol. The molecule has 0 aliphatic rings. The van der Waals surface area contributed by atoms with Crippen LogP contribution >= 0.6 is 9.24 Å². The second-order valence-electron chi connectivity index (χ2n) is 2.28. The van der Waals surface area contributed by atoms with Crippen LogP contribution in [0.4, 0.5) is 0 Å². The van der Waals surface area contributed by atoms with Gasteiger partial charge in [0.25, 0.3) is 0 Å². The summed E-state index contributed by atoms with van der Waals surface area (Å²) >= 11 is 0. The van der Waals surface area contributed by atoms with Crippen LogP contribution in [0.15, 0.2) is 30.5 Å². The minimum atomic E-state index is 0.943. The van der Waals surface area contributed by atoms with Crippen molar-refractivity contribution < 1.29 is 0 Å². The molecule has 2 aromatic rings. The van der Waals surface area contributed by atoms with Crippen molar-refractivity contribution in [2.75, 3.05) is 0 Å². The molecule has 11 heavy (non-hydrogen) atoms. The predicted octanol–water partition coefficient (Wildman–Crippen LogP) is 1.13. The lowest BCUT2D eigenvalue weighted by Gasteiger charge is -1.94. The van der Waals surface area contributed by atoms with Crippen LogP contribution in [0, 0.1) is 0 Å². The van der Waals surface area contributed by atoms with Crippen LogP contribution in [0.3, 0.4) is 0 Å². The van der Waals surface area contributed by atoms with E-state index in [4.69, 9.17) is 0 Å². The summed E-state index contributed by atoms with van der Waals surface area (Å²) in [4.78, 5) is 8.43. The lowest BCUT2D eigenvalue weighted by atomic mass is 10.3. The summed E-state index contributed by atoms with van der Waals surface area (Å²) in [6.07, 6.45) is 1.77. The number of hydrogen-bond acceptors (Lipinski definition) is 2. The van der Waals surface area contributed by atoms with E-state index in [1.807, 2.05) is 24.3 Å². The van der Waals surface area contributed by atoms with Gasteiger partial charge in [0.2, 0.25) is 0 Å². The molecule has 0 spiro atoms. The highest BCUT2D eigenvalue weighted by Crippen LogP contribution is 2.04. The minimum absolute atomic E-state index is 0.943. The first kappa shape index (κ1) is 6.68. The highest BCUT2D eigenvalue weighted by molar-refractivity contribution is 7.26. The highest BCUT2D eigenvalue weighted by Gasteiger charge is 1.92. The van der Waals surface area contributed by atoms with Crippen LogP contribution in [-0.2, 0) is 0 Å². The van der Waals surface area contributed by atoms with E-state index in [1.54, 1.807) is 6.20 Å². The number of rotatable bonds is 0. The molecule has 0 N–H and O–H groups in total. The Morgan fingerprint density at radius 1 is 1.09 bits per heavy atom. The van der Waals surface area contributed by atoms with Crippen molar-refractivity contribution >= 4 is 25.7 Å². The summed E-state index contributed by atoms with van der Waals surface area (Å²) in [6.45, 7) is 0. The lowest BCUT2D eigenvalue weighted by molar-refractivity contribution is 1.37. The van der Waals surface area contributed by atoms with Crippen LogP contribution in [0.5, 0.6) is 0 Å². The number of nitrogens with zero attached hydrogens (tertiary/aromatic N) is 2. The highest BCUT2D eigenvalue weighted by atomic mass is 31.0. The van der Waals surface area contributed by atoms with E-state index in [0.717, 1.165) is 16.5 Å². The summed E-state index contributed by atoms with van der Waals surface area (Å²) in [5, 5.41) is 0. The van der Waals surface area contributed by atoms with Gasteiger partial charge in [-0.25, -0.2) is 4.98 Å². The Morgan fingerprint density at radius 3 is 2.91 bits per heavy atom. The quantitative estimate of drug-likeness (QED) is 0.542. The van der Waals surface area contributed by atoms with Crippen molar-refractivity contribution in [3.05, 3.63) is 30.5 Å². The molecule has 3 heteroatoms. The first-order valence-electron chi connectivity index (χ1n) is 3.33. The number of hydrogen-bond donors (Lipinski definition) is 0. The molecule has 54 valence electrons. The van der Waals surface area contributed by atoms with E-state index in [2.05, 4.69) is 19.2 Å². The smallest absolute Gasteiger partial charge is 0.0894 e. The Bertz CT molecular complexity index is 387. The fraction of sp³-hybridized carbons (Fsp3) is 0. The zero-order valence-corrected chi connectivity index (χ0v) is 7.01. The Hall–Kier alpha value is -1.01. The molecule has 0 saturated carbocycles. The Balaban J connectivity index is 2.83. The predicted molar refractivity (Wildman–Crippen MR) is 48.9 cm³/mol. The molecule has 0 aliphatic heterocycles. The Morgan fingerprint density at radius 2 is 2.00 bits per heavy atom. The van der Waals surface area contributed by atoms with Gasteiger partial charge in [0, 0.05) is 6.20 Å². The van der Waals surface area contributed by atoms with Crippen LogP contribution in [-0.4, -0.2) is 9.97 Å². The molecule has 0 fully saturated rings. The molecule has 0 bridgehead atoms. The van der Waals surface area contributed by atoms with Gasteiger partial charge < -0.3 is 0 Å². The average Bonchev–Trinajstić information content (AvgIpc) is 2.04. The summed E-state index contributed by atoms with van der Waals surface area (Å²) < 4.78 is 0. The zero-order valence-electron chi connectivity index (χ0n) is 5.86. The fourth-order valence-electron chi connectivity index (χ4n) is 0.973. The molecule has 1 unspecified atom stereocenters. The number of fused-ring (bicyclic) bond motifs is 1. The normalized spacial score (nSPS) is 10.3. The van der Waals surface area contributed by atoms with Gasteiger partial charge in [-0.05, 0) is 24.3 Å². The molecule has 2 nitrogen and oxygen atoms in total. The second kappa shape index (κ2) is 2.55. The fourth-order valence-corrected chi connectivity index (χ4v) is 1.21. The van der Waals surface area contributed by atoms with Gasteiger partial charge in [0.1, 0.15) is 0 Å². The number of pyridine rings is 2. The molecule has 0 aromatic carbocycles. The molecule has 0 saturated heterocycles. The van der Waals surface area contributed by atoms with Gasteiger partial charge in [-0.3, -0.25) is 4.98 Å². The molecule has 2 aromatic heterocycles. The van der Waals surface area contributed by atoms with E-state index in [-0.39, 0.29) is 0 Å². The molecule has 0 amide bonds. The summed E-state index contributed by atoms with van der Waals surface area (Å²) in [7, 11) is 2.56. The van der Waals surface area contributed by atoms with Crippen LogP contribution in [0.1, 0.15) is 0 Å². The SMILES string of the molecule is Pc1ccc2ncccc2n1. The van der Waals surface area contributed by atoms with Gasteiger partial charge in [0.15, 0.2) is 0 Å². The first-order valence-corrected chi connectivity index (χ1v) is 3.91. The molecule has 2 heterocycles. The Kier molecular flexibility index (Phi) is 1.55. The topological polar surface area (TPSA) is 25.8 Å². The molecule has 0 radical (unpaired) electrons. The zero-order chi connectivity index (χ0) is 7.68. The maximum atomic E-state index is 4.28. The molecule has 1 atom stereocenters.